The summed E-state index contributed by atoms with van der Waals surface area (Å²) in [5.74, 6) is 1.68. The highest BCUT2D eigenvalue weighted by Crippen LogP contribution is 2.42. The molecule has 1 nitrogen and oxygen atoms in total. The molecule has 0 aromatic heterocycles. The average Bonchev–Trinajstić information content (AvgIpc) is 3.03. The molecule has 0 spiro atoms. The second-order valence-corrected chi connectivity index (χ2v) is 4.67. The van der Waals surface area contributed by atoms with E-state index in [1.165, 1.54) is 24.0 Å². The van der Waals surface area contributed by atoms with Gasteiger partial charge in [-0.05, 0) is 43.7 Å². The molecule has 0 heterocycles. The van der Waals surface area contributed by atoms with E-state index < -0.39 is 0 Å². The molecular weight excluding hydrogens is 182 g/mol. The molecule has 15 heavy (non-hydrogen) atoms. The molecule has 0 radical (unpaired) electrons. The van der Waals surface area contributed by atoms with Crippen LogP contribution in [0.5, 0.6) is 0 Å². The number of likely N-dealkylation sites (N-methyl/N-ethyl adjacent to an activating group) is 1. The molecular formula is C14H21N. The molecule has 1 N–H and O–H groups in total. The maximum absolute atomic E-state index is 3.49. The zero-order valence-electron chi connectivity index (χ0n) is 9.79. The zero-order valence-corrected chi connectivity index (χ0v) is 9.79. The first-order valence-corrected chi connectivity index (χ1v) is 6.08. The Hall–Kier alpha value is -0.820. The first-order chi connectivity index (χ1) is 7.31. The highest BCUT2D eigenvalue weighted by molar-refractivity contribution is 5.27. The maximum Gasteiger partial charge on any atom is 0.00227 e. The highest BCUT2D eigenvalue weighted by atomic mass is 14.8. The third-order valence-electron chi connectivity index (χ3n) is 3.28. The first-order valence-electron chi connectivity index (χ1n) is 6.08. The minimum atomic E-state index is 0.741. The lowest BCUT2D eigenvalue weighted by atomic mass is 9.93. The van der Waals surface area contributed by atoms with E-state index in [0.717, 1.165) is 24.9 Å². The summed E-state index contributed by atoms with van der Waals surface area (Å²) in [6, 6.07) is 9.00. The Morgan fingerprint density at radius 3 is 2.80 bits per heavy atom. The van der Waals surface area contributed by atoms with E-state index in [4.69, 9.17) is 0 Å². The summed E-state index contributed by atoms with van der Waals surface area (Å²) in [6.07, 6.45) is 2.84. The van der Waals surface area contributed by atoms with Gasteiger partial charge in [0.05, 0.1) is 0 Å². The molecule has 1 aliphatic rings. The molecule has 1 unspecified atom stereocenters. The average molecular weight is 203 g/mol. The molecule has 1 fully saturated rings. The van der Waals surface area contributed by atoms with Crippen LogP contribution in [-0.4, -0.2) is 13.1 Å². The van der Waals surface area contributed by atoms with Crippen molar-refractivity contribution in [1.82, 2.24) is 5.32 Å². The maximum atomic E-state index is 3.49. The van der Waals surface area contributed by atoms with Gasteiger partial charge in [0.1, 0.15) is 0 Å². The van der Waals surface area contributed by atoms with Crippen molar-refractivity contribution in [3.63, 3.8) is 0 Å². The fourth-order valence-corrected chi connectivity index (χ4v) is 2.26. The molecule has 82 valence electrons. The van der Waals surface area contributed by atoms with Crippen LogP contribution in [0.1, 0.15) is 36.8 Å². The Kier molecular flexibility index (Phi) is 3.42. The SMILES string of the molecule is CCNCC(c1cccc(C)c1)C1CC1. The van der Waals surface area contributed by atoms with Gasteiger partial charge in [-0.3, -0.25) is 0 Å². The molecule has 1 aliphatic carbocycles. The van der Waals surface area contributed by atoms with Gasteiger partial charge in [0, 0.05) is 6.54 Å². The molecule has 0 aliphatic heterocycles. The van der Waals surface area contributed by atoms with Gasteiger partial charge < -0.3 is 5.32 Å². The normalized spacial score (nSPS) is 17.7. The van der Waals surface area contributed by atoms with Crippen molar-refractivity contribution in [2.45, 2.75) is 32.6 Å². The topological polar surface area (TPSA) is 12.0 Å². The summed E-state index contributed by atoms with van der Waals surface area (Å²) in [7, 11) is 0. The van der Waals surface area contributed by atoms with Crippen LogP contribution in [0.4, 0.5) is 0 Å². The summed E-state index contributed by atoms with van der Waals surface area (Å²) in [6.45, 7) is 6.58. The van der Waals surface area contributed by atoms with E-state index in [1.807, 2.05) is 0 Å². The first kappa shape index (κ1) is 10.7. The van der Waals surface area contributed by atoms with E-state index in [0.29, 0.717) is 0 Å². The van der Waals surface area contributed by atoms with Crippen LogP contribution in [0.2, 0.25) is 0 Å². The molecule has 1 aromatic carbocycles. The van der Waals surface area contributed by atoms with Gasteiger partial charge in [0.15, 0.2) is 0 Å². The Morgan fingerprint density at radius 1 is 1.40 bits per heavy atom. The van der Waals surface area contributed by atoms with Crippen LogP contribution in [-0.2, 0) is 0 Å². The molecule has 1 heteroatoms. The van der Waals surface area contributed by atoms with Crippen LogP contribution < -0.4 is 5.32 Å². The van der Waals surface area contributed by atoms with E-state index in [1.54, 1.807) is 0 Å². The van der Waals surface area contributed by atoms with Crippen molar-refractivity contribution in [2.24, 2.45) is 5.92 Å². The van der Waals surface area contributed by atoms with Crippen molar-refractivity contribution < 1.29 is 0 Å². The van der Waals surface area contributed by atoms with Gasteiger partial charge in [-0.15, -0.1) is 0 Å². The smallest absolute Gasteiger partial charge is 0.00227 e. The second-order valence-electron chi connectivity index (χ2n) is 4.67. The quantitative estimate of drug-likeness (QED) is 0.775. The van der Waals surface area contributed by atoms with Gasteiger partial charge in [-0.1, -0.05) is 36.8 Å². The second kappa shape index (κ2) is 4.80. The van der Waals surface area contributed by atoms with Crippen LogP contribution in [0.25, 0.3) is 0 Å². The fraction of sp³-hybridized carbons (Fsp3) is 0.571. The number of hydrogen-bond donors (Lipinski definition) is 1. The lowest BCUT2D eigenvalue weighted by Crippen LogP contribution is -2.22. The third-order valence-corrected chi connectivity index (χ3v) is 3.28. The summed E-state index contributed by atoms with van der Waals surface area (Å²) in [5.41, 5.74) is 2.91. The van der Waals surface area contributed by atoms with Crippen LogP contribution in [0, 0.1) is 12.8 Å². The largest absolute Gasteiger partial charge is 0.316 e. The van der Waals surface area contributed by atoms with Crippen LogP contribution >= 0.6 is 0 Å². The lowest BCUT2D eigenvalue weighted by molar-refractivity contribution is 0.545. The number of nitrogens with one attached hydrogen (secondary N) is 1. The number of rotatable bonds is 5. The van der Waals surface area contributed by atoms with Gasteiger partial charge >= 0.3 is 0 Å². The van der Waals surface area contributed by atoms with Crippen LogP contribution in [0.3, 0.4) is 0 Å². The Labute approximate surface area is 92.9 Å². The Balaban J connectivity index is 2.09. The summed E-state index contributed by atoms with van der Waals surface area (Å²) < 4.78 is 0. The summed E-state index contributed by atoms with van der Waals surface area (Å²) >= 11 is 0. The minimum Gasteiger partial charge on any atom is -0.316 e. The molecule has 1 aromatic rings. The van der Waals surface area contributed by atoms with E-state index in [2.05, 4.69) is 43.4 Å². The summed E-state index contributed by atoms with van der Waals surface area (Å²) in [4.78, 5) is 0. The van der Waals surface area contributed by atoms with E-state index in [-0.39, 0.29) is 0 Å². The van der Waals surface area contributed by atoms with Crippen molar-refractivity contribution in [3.8, 4) is 0 Å². The molecule has 0 amide bonds. The number of aryl methyl sites for hydroxylation is 1. The highest BCUT2D eigenvalue weighted by Gasteiger charge is 2.31. The van der Waals surface area contributed by atoms with E-state index >= 15 is 0 Å². The standard InChI is InChI=1S/C14H21N/c1-3-15-10-14(12-7-8-12)13-6-4-5-11(2)9-13/h4-6,9,12,14-15H,3,7-8,10H2,1-2H3. The van der Waals surface area contributed by atoms with Crippen LogP contribution in [0.15, 0.2) is 24.3 Å². The Bertz CT molecular complexity index is 315. The molecule has 0 saturated heterocycles. The molecule has 1 saturated carbocycles. The van der Waals surface area contributed by atoms with Gasteiger partial charge in [0.25, 0.3) is 0 Å². The van der Waals surface area contributed by atoms with Crippen molar-refractivity contribution >= 4 is 0 Å². The Morgan fingerprint density at radius 2 is 2.20 bits per heavy atom. The van der Waals surface area contributed by atoms with Crippen molar-refractivity contribution in [2.75, 3.05) is 13.1 Å². The fourth-order valence-electron chi connectivity index (χ4n) is 2.26. The zero-order chi connectivity index (χ0) is 10.7. The minimum absolute atomic E-state index is 0.741. The number of hydrogen-bond acceptors (Lipinski definition) is 1. The molecule has 1 atom stereocenters. The summed E-state index contributed by atoms with van der Waals surface area (Å²) in [5, 5.41) is 3.49. The molecule has 2 rings (SSSR count). The predicted octanol–water partition coefficient (Wildman–Crippen LogP) is 3.10. The number of benzene rings is 1. The van der Waals surface area contributed by atoms with Crippen molar-refractivity contribution in [1.29, 1.82) is 0 Å². The third kappa shape index (κ3) is 2.82. The molecule has 0 bridgehead atoms. The van der Waals surface area contributed by atoms with E-state index in [9.17, 15) is 0 Å². The van der Waals surface area contributed by atoms with Gasteiger partial charge in [-0.2, -0.15) is 0 Å². The monoisotopic (exact) mass is 203 g/mol. The lowest BCUT2D eigenvalue weighted by Gasteiger charge is -2.17. The van der Waals surface area contributed by atoms with Gasteiger partial charge in [-0.25, -0.2) is 0 Å². The van der Waals surface area contributed by atoms with Crippen molar-refractivity contribution in [3.05, 3.63) is 35.4 Å². The van der Waals surface area contributed by atoms with Gasteiger partial charge in [0.2, 0.25) is 0 Å². The predicted molar refractivity (Wildman–Crippen MR) is 65.2 cm³/mol.